The Morgan fingerprint density at radius 2 is 2.26 bits per heavy atom. The third-order valence-electron chi connectivity index (χ3n) is 2.72. The standard InChI is InChI=1S/C13H16N4O2/c1-10(18)11-4-2-3-5-12(11)15-13(19)6-8-17-9-7-14-16-17/h2-5,7,9-10,18H,6,8H2,1H3,(H,15,19). The molecule has 0 aliphatic carbocycles. The number of amides is 1. The first-order chi connectivity index (χ1) is 9.16. The number of carbonyl (C=O) groups is 1. The number of carbonyl (C=O) groups excluding carboxylic acids is 1. The van der Waals surface area contributed by atoms with Gasteiger partial charge >= 0.3 is 0 Å². The van der Waals surface area contributed by atoms with Crippen LogP contribution in [0, 0.1) is 0 Å². The number of anilines is 1. The highest BCUT2D eigenvalue weighted by Gasteiger charge is 2.10. The molecule has 19 heavy (non-hydrogen) atoms. The Balaban J connectivity index is 1.95. The number of nitrogens with zero attached hydrogens (tertiary/aromatic N) is 3. The zero-order chi connectivity index (χ0) is 13.7. The summed E-state index contributed by atoms with van der Waals surface area (Å²) in [6.45, 7) is 2.14. The van der Waals surface area contributed by atoms with E-state index < -0.39 is 6.10 Å². The molecular weight excluding hydrogens is 244 g/mol. The summed E-state index contributed by atoms with van der Waals surface area (Å²) >= 11 is 0. The second kappa shape index (κ2) is 6.10. The monoisotopic (exact) mass is 260 g/mol. The Morgan fingerprint density at radius 1 is 1.47 bits per heavy atom. The molecule has 2 rings (SSSR count). The Hall–Kier alpha value is -2.21. The van der Waals surface area contributed by atoms with E-state index >= 15 is 0 Å². The van der Waals surface area contributed by atoms with Crippen LogP contribution < -0.4 is 5.32 Å². The fourth-order valence-electron chi connectivity index (χ4n) is 1.76. The minimum atomic E-state index is -0.619. The third-order valence-corrected chi connectivity index (χ3v) is 2.72. The van der Waals surface area contributed by atoms with Crippen molar-refractivity contribution in [2.45, 2.75) is 26.0 Å². The zero-order valence-corrected chi connectivity index (χ0v) is 10.7. The lowest BCUT2D eigenvalue weighted by Gasteiger charge is -2.12. The maximum atomic E-state index is 11.8. The molecule has 0 fully saturated rings. The molecule has 0 saturated carbocycles. The van der Waals surface area contributed by atoms with Crippen LogP contribution in [0.25, 0.3) is 0 Å². The molecule has 1 unspecified atom stereocenters. The molecule has 6 nitrogen and oxygen atoms in total. The first kappa shape index (κ1) is 13.2. The fourth-order valence-corrected chi connectivity index (χ4v) is 1.76. The molecule has 0 aliphatic heterocycles. The molecule has 0 bridgehead atoms. The molecule has 0 radical (unpaired) electrons. The molecular formula is C13H16N4O2. The van der Waals surface area contributed by atoms with Gasteiger partial charge in [0.2, 0.25) is 5.91 Å². The largest absolute Gasteiger partial charge is 0.389 e. The first-order valence-corrected chi connectivity index (χ1v) is 6.08. The number of hydrogen-bond acceptors (Lipinski definition) is 4. The minimum absolute atomic E-state index is 0.122. The van der Waals surface area contributed by atoms with Crippen LogP contribution in [-0.2, 0) is 11.3 Å². The summed E-state index contributed by atoms with van der Waals surface area (Å²) < 4.78 is 1.60. The second-order valence-corrected chi connectivity index (χ2v) is 4.23. The van der Waals surface area contributed by atoms with Gasteiger partial charge in [0.25, 0.3) is 0 Å². The van der Waals surface area contributed by atoms with E-state index in [-0.39, 0.29) is 5.91 Å². The van der Waals surface area contributed by atoms with Crippen molar-refractivity contribution < 1.29 is 9.90 Å². The van der Waals surface area contributed by atoms with Crippen LogP contribution in [0.3, 0.4) is 0 Å². The van der Waals surface area contributed by atoms with Crippen molar-refractivity contribution in [1.82, 2.24) is 15.0 Å². The zero-order valence-electron chi connectivity index (χ0n) is 10.7. The third kappa shape index (κ3) is 3.62. The number of aliphatic hydroxyl groups is 1. The van der Waals surface area contributed by atoms with E-state index in [0.717, 1.165) is 0 Å². The fraction of sp³-hybridized carbons (Fsp3) is 0.308. The van der Waals surface area contributed by atoms with Crippen LogP contribution in [0.15, 0.2) is 36.7 Å². The molecule has 2 N–H and O–H groups in total. The van der Waals surface area contributed by atoms with Crippen LogP contribution in [-0.4, -0.2) is 26.0 Å². The van der Waals surface area contributed by atoms with E-state index in [0.29, 0.717) is 24.2 Å². The van der Waals surface area contributed by atoms with Gasteiger partial charge in [-0.05, 0) is 13.0 Å². The van der Waals surface area contributed by atoms with Gasteiger partial charge in [0.1, 0.15) is 0 Å². The molecule has 100 valence electrons. The summed E-state index contributed by atoms with van der Waals surface area (Å²) in [5.41, 5.74) is 1.35. The van der Waals surface area contributed by atoms with Crippen molar-refractivity contribution in [2.24, 2.45) is 0 Å². The molecule has 0 saturated heterocycles. The average Bonchev–Trinajstić information content (AvgIpc) is 2.90. The van der Waals surface area contributed by atoms with Gasteiger partial charge < -0.3 is 10.4 Å². The van der Waals surface area contributed by atoms with Crippen molar-refractivity contribution >= 4 is 11.6 Å². The number of aliphatic hydroxyl groups excluding tert-OH is 1. The SMILES string of the molecule is CC(O)c1ccccc1NC(=O)CCn1ccnn1. The van der Waals surface area contributed by atoms with Gasteiger partial charge in [0.05, 0.1) is 18.8 Å². The summed E-state index contributed by atoms with van der Waals surface area (Å²) in [7, 11) is 0. The summed E-state index contributed by atoms with van der Waals surface area (Å²) in [5.74, 6) is -0.122. The smallest absolute Gasteiger partial charge is 0.226 e. The minimum Gasteiger partial charge on any atom is -0.389 e. The van der Waals surface area contributed by atoms with Gasteiger partial charge in [-0.2, -0.15) is 0 Å². The molecule has 1 aromatic carbocycles. The predicted octanol–water partition coefficient (Wildman–Crippen LogP) is 1.36. The van der Waals surface area contributed by atoms with Gasteiger partial charge in [0.15, 0.2) is 0 Å². The number of nitrogens with one attached hydrogen (secondary N) is 1. The highest BCUT2D eigenvalue weighted by Crippen LogP contribution is 2.22. The molecule has 0 aliphatic rings. The summed E-state index contributed by atoms with van der Waals surface area (Å²) in [6.07, 6.45) is 2.96. The van der Waals surface area contributed by atoms with Gasteiger partial charge in [-0.3, -0.25) is 9.48 Å². The first-order valence-electron chi connectivity index (χ1n) is 6.08. The Bertz CT molecular complexity index is 537. The molecule has 1 aromatic heterocycles. The van der Waals surface area contributed by atoms with Crippen molar-refractivity contribution in [2.75, 3.05) is 5.32 Å². The molecule has 2 aromatic rings. The average molecular weight is 260 g/mol. The van der Waals surface area contributed by atoms with Gasteiger partial charge in [0, 0.05) is 23.9 Å². The van der Waals surface area contributed by atoms with E-state index in [1.807, 2.05) is 12.1 Å². The van der Waals surface area contributed by atoms with Gasteiger partial charge in [-0.1, -0.05) is 23.4 Å². The van der Waals surface area contributed by atoms with Crippen LogP contribution in [0.2, 0.25) is 0 Å². The van der Waals surface area contributed by atoms with Crippen molar-refractivity contribution in [3.05, 3.63) is 42.2 Å². The normalized spacial score (nSPS) is 12.1. The van der Waals surface area contributed by atoms with Crippen LogP contribution in [0.1, 0.15) is 25.0 Å². The van der Waals surface area contributed by atoms with E-state index in [2.05, 4.69) is 15.6 Å². The van der Waals surface area contributed by atoms with Crippen LogP contribution in [0.4, 0.5) is 5.69 Å². The molecule has 1 amide bonds. The number of aromatic nitrogens is 3. The van der Waals surface area contributed by atoms with Crippen molar-refractivity contribution in [1.29, 1.82) is 0 Å². The van der Waals surface area contributed by atoms with Crippen molar-refractivity contribution in [3.63, 3.8) is 0 Å². The van der Waals surface area contributed by atoms with Crippen LogP contribution >= 0.6 is 0 Å². The number of aryl methyl sites for hydroxylation is 1. The van der Waals surface area contributed by atoms with Crippen LogP contribution in [0.5, 0.6) is 0 Å². The Labute approximate surface area is 111 Å². The second-order valence-electron chi connectivity index (χ2n) is 4.23. The highest BCUT2D eigenvalue weighted by molar-refractivity contribution is 5.91. The lowest BCUT2D eigenvalue weighted by molar-refractivity contribution is -0.116. The molecule has 6 heteroatoms. The van der Waals surface area contributed by atoms with E-state index in [1.54, 1.807) is 36.1 Å². The quantitative estimate of drug-likeness (QED) is 0.850. The topological polar surface area (TPSA) is 80.0 Å². The number of para-hydroxylation sites is 1. The summed E-state index contributed by atoms with van der Waals surface area (Å²) in [5, 5.41) is 19.9. The Morgan fingerprint density at radius 3 is 2.95 bits per heavy atom. The maximum Gasteiger partial charge on any atom is 0.226 e. The molecule has 0 spiro atoms. The van der Waals surface area contributed by atoms with E-state index in [4.69, 9.17) is 0 Å². The predicted molar refractivity (Wildman–Crippen MR) is 70.3 cm³/mol. The highest BCUT2D eigenvalue weighted by atomic mass is 16.3. The lowest BCUT2D eigenvalue weighted by Crippen LogP contribution is -2.16. The number of rotatable bonds is 5. The van der Waals surface area contributed by atoms with Gasteiger partial charge in [-0.15, -0.1) is 5.10 Å². The van der Waals surface area contributed by atoms with E-state index in [9.17, 15) is 9.90 Å². The lowest BCUT2D eigenvalue weighted by atomic mass is 10.1. The number of benzene rings is 1. The molecule has 1 heterocycles. The van der Waals surface area contributed by atoms with Crippen molar-refractivity contribution in [3.8, 4) is 0 Å². The maximum absolute atomic E-state index is 11.8. The summed E-state index contributed by atoms with van der Waals surface area (Å²) in [4.78, 5) is 11.8. The Kier molecular flexibility index (Phi) is 4.25. The number of hydrogen-bond donors (Lipinski definition) is 2. The van der Waals surface area contributed by atoms with E-state index in [1.165, 1.54) is 0 Å². The van der Waals surface area contributed by atoms with Gasteiger partial charge in [-0.25, -0.2) is 0 Å². The summed E-state index contributed by atoms with van der Waals surface area (Å²) in [6, 6.07) is 7.21. The molecule has 1 atom stereocenters.